The van der Waals surface area contributed by atoms with E-state index in [1.807, 2.05) is 34.9 Å². The van der Waals surface area contributed by atoms with E-state index in [1.54, 1.807) is 10.6 Å². The van der Waals surface area contributed by atoms with Gasteiger partial charge in [-0.15, -0.1) is 0 Å². The number of carbonyl (C=O) groups is 2. The van der Waals surface area contributed by atoms with Crippen molar-refractivity contribution in [3.63, 3.8) is 0 Å². The Balaban J connectivity index is 1.23. The van der Waals surface area contributed by atoms with E-state index in [-0.39, 0.29) is 46.7 Å². The summed E-state index contributed by atoms with van der Waals surface area (Å²) in [6, 6.07) is 14.4. The van der Waals surface area contributed by atoms with Crippen LogP contribution in [0.25, 0.3) is 16.9 Å². The number of phenols is 1. The molecule has 10 heteroatoms. The summed E-state index contributed by atoms with van der Waals surface area (Å²) >= 11 is 0. The van der Waals surface area contributed by atoms with E-state index in [9.17, 15) is 14.7 Å². The third kappa shape index (κ3) is 4.38. The lowest BCUT2D eigenvalue weighted by atomic mass is 9.93. The number of carbonyl (C=O) groups excluding carboxylic acids is 2. The fraction of sp³-hybridized carbons (Fsp3) is 0.355. The number of aromatic nitrogens is 3. The number of nitrogens with zero attached hydrogens (tertiary/aromatic N) is 5. The maximum Gasteiger partial charge on any atom is 0.273 e. The summed E-state index contributed by atoms with van der Waals surface area (Å²) in [4.78, 5) is 33.7. The number of benzene rings is 2. The summed E-state index contributed by atoms with van der Waals surface area (Å²) in [5.74, 6) is -1.46. The van der Waals surface area contributed by atoms with E-state index in [2.05, 4.69) is 22.2 Å². The largest absolute Gasteiger partial charge is 0.507 e. The summed E-state index contributed by atoms with van der Waals surface area (Å²) in [7, 11) is 0. The van der Waals surface area contributed by atoms with Crippen molar-refractivity contribution in [3.05, 3.63) is 76.9 Å². The lowest BCUT2D eigenvalue weighted by molar-refractivity contribution is -0.121. The van der Waals surface area contributed by atoms with Gasteiger partial charge < -0.3 is 20.6 Å². The monoisotopic (exact) mass is 554 g/mol. The molecule has 3 N–H and O–H groups in total. The minimum atomic E-state index is -0.629. The first-order chi connectivity index (χ1) is 19.8. The van der Waals surface area contributed by atoms with E-state index in [4.69, 9.17) is 5.73 Å². The molecule has 1 saturated carbocycles. The van der Waals surface area contributed by atoms with Crippen LogP contribution in [0.5, 0.6) is 5.75 Å². The molecule has 9 nitrogen and oxygen atoms in total. The molecule has 0 spiro atoms. The number of anilines is 1. The van der Waals surface area contributed by atoms with Crippen molar-refractivity contribution in [2.24, 2.45) is 11.7 Å². The first-order valence-corrected chi connectivity index (χ1v) is 14.1. The Morgan fingerprint density at radius 1 is 1.07 bits per heavy atom. The number of hydrogen-bond donors (Lipinski definition) is 2. The van der Waals surface area contributed by atoms with Crippen LogP contribution in [-0.2, 0) is 11.2 Å². The summed E-state index contributed by atoms with van der Waals surface area (Å²) < 4.78 is 17.2. The highest BCUT2D eigenvalue weighted by Gasteiger charge is 2.33. The quantitative estimate of drug-likeness (QED) is 0.382. The Kier molecular flexibility index (Phi) is 5.95. The Hall–Kier alpha value is -4.47. The van der Waals surface area contributed by atoms with Gasteiger partial charge in [0, 0.05) is 49.1 Å². The summed E-state index contributed by atoms with van der Waals surface area (Å²) in [5.41, 5.74) is 10.2. The van der Waals surface area contributed by atoms with Crippen LogP contribution in [0.15, 0.2) is 48.5 Å². The molecule has 2 amide bonds. The first-order valence-electron chi connectivity index (χ1n) is 14.1. The van der Waals surface area contributed by atoms with E-state index in [0.29, 0.717) is 43.1 Å². The average molecular weight is 555 g/mol. The molecule has 2 aliphatic heterocycles. The summed E-state index contributed by atoms with van der Waals surface area (Å²) in [6.07, 6.45) is 3.33. The average Bonchev–Trinajstić information content (AvgIpc) is 3.51. The Labute approximate surface area is 236 Å². The van der Waals surface area contributed by atoms with Crippen molar-refractivity contribution in [2.75, 3.05) is 24.5 Å². The standard InChI is InChI=1S/C31H31FN6O3/c1-17-22-5-3-2-4-18(22)9-11-37(17)31(41)25-14-26(19-6-7-19)38-28(34-25)15-24(35-38)29-23(32)12-21(13-27(29)39)36-10-8-20(16-36)30(33)40/h2-5,12-15,17,19-20,39H,6-11,16H2,1H3,(H2,33,40)/t17-,20?/m1/s1. The van der Waals surface area contributed by atoms with Crippen LogP contribution in [0.1, 0.15) is 65.5 Å². The molecule has 7 rings (SSSR count). The molecule has 2 aromatic heterocycles. The fourth-order valence-corrected chi connectivity index (χ4v) is 6.34. The minimum absolute atomic E-state index is 0.0271. The van der Waals surface area contributed by atoms with Crippen LogP contribution in [0.3, 0.4) is 0 Å². The zero-order valence-corrected chi connectivity index (χ0v) is 22.8. The highest BCUT2D eigenvalue weighted by molar-refractivity contribution is 5.93. The van der Waals surface area contributed by atoms with Crippen molar-refractivity contribution >= 4 is 23.1 Å². The number of hydrogen-bond acceptors (Lipinski definition) is 6. The van der Waals surface area contributed by atoms with Gasteiger partial charge in [-0.3, -0.25) is 9.59 Å². The van der Waals surface area contributed by atoms with E-state index < -0.39 is 5.82 Å². The first kappa shape index (κ1) is 25.5. The Morgan fingerprint density at radius 2 is 1.88 bits per heavy atom. The predicted octanol–water partition coefficient (Wildman–Crippen LogP) is 4.19. The molecule has 210 valence electrons. The molecule has 1 saturated heterocycles. The maximum atomic E-state index is 15.5. The molecule has 3 aliphatic rings. The van der Waals surface area contributed by atoms with Crippen LogP contribution < -0.4 is 10.6 Å². The van der Waals surface area contributed by atoms with Gasteiger partial charge in [0.05, 0.1) is 17.5 Å². The second-order valence-corrected chi connectivity index (χ2v) is 11.4. The number of fused-ring (bicyclic) bond motifs is 2. The van der Waals surface area contributed by atoms with Gasteiger partial charge in [-0.1, -0.05) is 24.3 Å². The van der Waals surface area contributed by atoms with E-state index in [1.165, 1.54) is 17.7 Å². The molecule has 1 aliphatic carbocycles. The second kappa shape index (κ2) is 9.57. The lowest BCUT2D eigenvalue weighted by Crippen LogP contribution is -2.39. The Bertz CT molecular complexity index is 1690. The number of primary amides is 1. The van der Waals surface area contributed by atoms with Crippen LogP contribution in [0.4, 0.5) is 10.1 Å². The van der Waals surface area contributed by atoms with Gasteiger partial charge >= 0.3 is 0 Å². The number of rotatable bonds is 5. The maximum absolute atomic E-state index is 15.5. The molecule has 0 radical (unpaired) electrons. The van der Waals surface area contributed by atoms with E-state index in [0.717, 1.165) is 30.5 Å². The highest BCUT2D eigenvalue weighted by atomic mass is 19.1. The van der Waals surface area contributed by atoms with Crippen LogP contribution in [0, 0.1) is 11.7 Å². The number of phenolic OH excluding ortho intramolecular Hbond substituents is 1. The molecule has 2 atom stereocenters. The Morgan fingerprint density at radius 3 is 2.61 bits per heavy atom. The van der Waals surface area contributed by atoms with Crippen molar-refractivity contribution in [2.45, 2.75) is 44.6 Å². The number of aromatic hydroxyl groups is 1. The van der Waals surface area contributed by atoms with Crippen LogP contribution >= 0.6 is 0 Å². The SMILES string of the molecule is C[C@@H]1c2ccccc2CCN1C(=O)c1cc(C2CC2)n2nc(-c3c(O)cc(N4CCC(C(N)=O)C4)cc3F)cc2n1. The third-order valence-corrected chi connectivity index (χ3v) is 8.79. The molecule has 2 fully saturated rings. The molecule has 1 unspecified atom stereocenters. The zero-order chi connectivity index (χ0) is 28.4. The molecule has 41 heavy (non-hydrogen) atoms. The second-order valence-electron chi connectivity index (χ2n) is 11.4. The van der Waals surface area contributed by atoms with E-state index >= 15 is 4.39 Å². The molecule has 4 aromatic rings. The zero-order valence-electron chi connectivity index (χ0n) is 22.8. The normalized spacial score (nSPS) is 20.4. The molecule has 2 aromatic carbocycles. The number of nitrogens with two attached hydrogens (primary N) is 1. The van der Waals surface area contributed by atoms with Crippen LogP contribution in [0.2, 0.25) is 0 Å². The van der Waals surface area contributed by atoms with Crippen molar-refractivity contribution in [3.8, 4) is 17.0 Å². The lowest BCUT2D eigenvalue weighted by Gasteiger charge is -2.35. The fourth-order valence-electron chi connectivity index (χ4n) is 6.34. The molecular weight excluding hydrogens is 523 g/mol. The smallest absolute Gasteiger partial charge is 0.273 e. The summed E-state index contributed by atoms with van der Waals surface area (Å²) in [5, 5.41) is 15.6. The van der Waals surface area contributed by atoms with Gasteiger partial charge in [-0.05, 0) is 55.9 Å². The van der Waals surface area contributed by atoms with Crippen LogP contribution in [-0.4, -0.2) is 56.1 Å². The summed E-state index contributed by atoms with van der Waals surface area (Å²) in [6.45, 7) is 3.58. The van der Waals surface area contributed by atoms with Gasteiger partial charge in [-0.25, -0.2) is 13.9 Å². The van der Waals surface area contributed by atoms with Gasteiger partial charge in [0.15, 0.2) is 5.65 Å². The topological polar surface area (TPSA) is 117 Å². The minimum Gasteiger partial charge on any atom is -0.507 e. The highest BCUT2D eigenvalue weighted by Crippen LogP contribution is 2.42. The number of amides is 2. The molecule has 0 bridgehead atoms. The third-order valence-electron chi connectivity index (χ3n) is 8.79. The molecule has 4 heterocycles. The van der Waals surface area contributed by atoms with Crippen molar-refractivity contribution in [1.82, 2.24) is 19.5 Å². The van der Waals surface area contributed by atoms with Gasteiger partial charge in [-0.2, -0.15) is 5.10 Å². The van der Waals surface area contributed by atoms with Gasteiger partial charge in [0.2, 0.25) is 5.91 Å². The number of halogens is 1. The van der Waals surface area contributed by atoms with Gasteiger partial charge in [0.1, 0.15) is 23.0 Å². The van der Waals surface area contributed by atoms with Crippen molar-refractivity contribution in [1.29, 1.82) is 0 Å². The van der Waals surface area contributed by atoms with Crippen molar-refractivity contribution < 1.29 is 19.1 Å². The van der Waals surface area contributed by atoms with Gasteiger partial charge in [0.25, 0.3) is 5.91 Å². The molecular formula is C31H31FN6O3. The predicted molar refractivity (Wildman–Crippen MR) is 151 cm³/mol.